The Hall–Kier alpha value is -2.61. The van der Waals surface area contributed by atoms with Crippen LogP contribution in [0.1, 0.15) is 15.9 Å². The quantitative estimate of drug-likeness (QED) is 0.873. The Morgan fingerprint density at radius 1 is 1.26 bits per heavy atom. The number of hydrogen-bond donors (Lipinski definition) is 2. The van der Waals surface area contributed by atoms with Gasteiger partial charge < -0.3 is 9.84 Å². The van der Waals surface area contributed by atoms with Gasteiger partial charge >= 0.3 is 5.97 Å². The molecule has 0 heterocycles. The highest BCUT2D eigenvalue weighted by atomic mass is 32.2. The lowest BCUT2D eigenvalue weighted by molar-refractivity contribution is 0.0693. The highest BCUT2D eigenvalue weighted by Gasteiger charge is 2.21. The van der Waals surface area contributed by atoms with Crippen LogP contribution in [0.4, 0.5) is 10.1 Å². The van der Waals surface area contributed by atoms with E-state index in [1.807, 2.05) is 0 Å². The maximum Gasteiger partial charge on any atom is 0.339 e. The molecule has 0 radical (unpaired) electrons. The second-order valence-electron chi connectivity index (χ2n) is 4.71. The largest absolute Gasteiger partial charge is 0.496 e. The number of anilines is 1. The normalized spacial score (nSPS) is 11.1. The molecule has 8 heteroatoms. The number of sulfonamides is 1. The first-order valence-electron chi connectivity index (χ1n) is 6.45. The minimum atomic E-state index is -4.15. The van der Waals surface area contributed by atoms with E-state index in [9.17, 15) is 17.6 Å². The van der Waals surface area contributed by atoms with Crippen LogP contribution in [0.5, 0.6) is 5.75 Å². The van der Waals surface area contributed by atoms with Gasteiger partial charge in [0.1, 0.15) is 22.0 Å². The van der Waals surface area contributed by atoms with E-state index < -0.39 is 26.7 Å². The highest BCUT2D eigenvalue weighted by Crippen LogP contribution is 2.26. The smallest absolute Gasteiger partial charge is 0.339 e. The summed E-state index contributed by atoms with van der Waals surface area (Å²) in [6.07, 6.45) is 0. The predicted molar refractivity (Wildman–Crippen MR) is 81.9 cm³/mol. The van der Waals surface area contributed by atoms with Gasteiger partial charge in [0, 0.05) is 6.07 Å². The van der Waals surface area contributed by atoms with E-state index in [2.05, 4.69) is 4.72 Å². The van der Waals surface area contributed by atoms with E-state index in [1.54, 1.807) is 0 Å². The van der Waals surface area contributed by atoms with E-state index in [0.29, 0.717) is 0 Å². The molecule has 0 aliphatic rings. The molecule has 0 aromatic heterocycles. The maximum atomic E-state index is 14.0. The van der Waals surface area contributed by atoms with Crippen LogP contribution in [-0.2, 0) is 10.0 Å². The number of rotatable bonds is 5. The van der Waals surface area contributed by atoms with Crippen molar-refractivity contribution in [2.24, 2.45) is 0 Å². The number of benzene rings is 2. The minimum Gasteiger partial charge on any atom is -0.496 e. The van der Waals surface area contributed by atoms with Gasteiger partial charge in [0.05, 0.1) is 12.8 Å². The zero-order chi connectivity index (χ0) is 17.2. The summed E-state index contributed by atoms with van der Waals surface area (Å²) in [5.41, 5.74) is 0.150. The fraction of sp³-hybridized carbons (Fsp3) is 0.133. The molecule has 0 spiro atoms. The monoisotopic (exact) mass is 339 g/mol. The van der Waals surface area contributed by atoms with Crippen LogP contribution >= 0.6 is 0 Å². The highest BCUT2D eigenvalue weighted by molar-refractivity contribution is 7.92. The van der Waals surface area contributed by atoms with Crippen molar-refractivity contribution in [3.8, 4) is 5.75 Å². The number of aryl methyl sites for hydroxylation is 1. The van der Waals surface area contributed by atoms with Gasteiger partial charge in [-0.25, -0.2) is 17.6 Å². The van der Waals surface area contributed by atoms with Crippen LogP contribution in [0.2, 0.25) is 0 Å². The maximum absolute atomic E-state index is 14.0. The number of hydrogen-bond acceptors (Lipinski definition) is 4. The summed E-state index contributed by atoms with van der Waals surface area (Å²) in [6.45, 7) is 1.46. The summed E-state index contributed by atoms with van der Waals surface area (Å²) in [7, 11) is -2.89. The average molecular weight is 339 g/mol. The number of halogens is 1. The van der Waals surface area contributed by atoms with E-state index in [-0.39, 0.29) is 22.6 Å². The number of nitrogens with one attached hydrogen (secondary N) is 1. The Balaban J connectivity index is 2.42. The Bertz CT molecular complexity index is 864. The van der Waals surface area contributed by atoms with Crippen LogP contribution in [0.3, 0.4) is 0 Å². The fourth-order valence-corrected chi connectivity index (χ4v) is 3.17. The lowest BCUT2D eigenvalue weighted by Gasteiger charge is -2.12. The van der Waals surface area contributed by atoms with Gasteiger partial charge in [0.15, 0.2) is 0 Å². The molecule has 0 aliphatic carbocycles. The number of carbonyl (C=O) groups is 1. The van der Waals surface area contributed by atoms with Crippen LogP contribution < -0.4 is 9.46 Å². The molecule has 0 saturated heterocycles. The van der Waals surface area contributed by atoms with Crippen molar-refractivity contribution in [1.82, 2.24) is 0 Å². The topological polar surface area (TPSA) is 92.7 Å². The van der Waals surface area contributed by atoms with Crippen molar-refractivity contribution < 1.29 is 27.4 Å². The lowest BCUT2D eigenvalue weighted by Crippen LogP contribution is -2.15. The Labute approximate surface area is 132 Å². The van der Waals surface area contributed by atoms with Crippen LogP contribution in [0.15, 0.2) is 41.3 Å². The fourth-order valence-electron chi connectivity index (χ4n) is 1.97. The van der Waals surface area contributed by atoms with E-state index in [0.717, 1.165) is 6.07 Å². The number of methoxy groups -OCH3 is 1. The number of aromatic carboxylic acids is 1. The van der Waals surface area contributed by atoms with Gasteiger partial charge in [0.25, 0.3) is 10.0 Å². The summed E-state index contributed by atoms with van der Waals surface area (Å²) in [5.74, 6) is -2.06. The molecule has 0 atom stereocenters. The molecule has 6 nitrogen and oxygen atoms in total. The second kappa shape index (κ2) is 6.25. The third-order valence-electron chi connectivity index (χ3n) is 3.13. The second-order valence-corrected chi connectivity index (χ2v) is 6.36. The molecule has 122 valence electrons. The van der Waals surface area contributed by atoms with Crippen molar-refractivity contribution in [3.63, 3.8) is 0 Å². The molecular formula is C15H14FNO5S. The average Bonchev–Trinajstić information content (AvgIpc) is 2.49. The van der Waals surface area contributed by atoms with E-state index in [4.69, 9.17) is 9.84 Å². The number of carboxylic acids is 1. The van der Waals surface area contributed by atoms with Gasteiger partial charge in [-0.05, 0) is 30.7 Å². The van der Waals surface area contributed by atoms with Crippen molar-refractivity contribution in [2.75, 3.05) is 11.8 Å². The Morgan fingerprint density at radius 2 is 1.96 bits per heavy atom. The predicted octanol–water partition coefficient (Wildman–Crippen LogP) is 2.64. The molecule has 0 fully saturated rings. The Morgan fingerprint density at radius 3 is 2.57 bits per heavy atom. The van der Waals surface area contributed by atoms with E-state index in [1.165, 1.54) is 44.4 Å². The Kier molecular flexibility index (Phi) is 4.55. The van der Waals surface area contributed by atoms with Crippen LogP contribution in [0, 0.1) is 12.7 Å². The summed E-state index contributed by atoms with van der Waals surface area (Å²) in [4.78, 5) is 10.5. The SMILES string of the molecule is COc1cc(NS(=O)(=O)c2cccc(C)c2F)ccc1C(=O)O. The minimum absolute atomic E-state index is 0.0117. The summed E-state index contributed by atoms with van der Waals surface area (Å²) < 4.78 is 45.7. The number of ether oxygens (including phenoxy) is 1. The van der Waals surface area contributed by atoms with Gasteiger partial charge in [-0.3, -0.25) is 4.72 Å². The molecule has 23 heavy (non-hydrogen) atoms. The molecular weight excluding hydrogens is 325 g/mol. The molecule has 2 aromatic rings. The van der Waals surface area contributed by atoms with Crippen molar-refractivity contribution >= 4 is 21.7 Å². The van der Waals surface area contributed by atoms with Crippen molar-refractivity contribution in [1.29, 1.82) is 0 Å². The van der Waals surface area contributed by atoms with Gasteiger partial charge in [-0.2, -0.15) is 0 Å². The third-order valence-corrected chi connectivity index (χ3v) is 4.53. The first kappa shape index (κ1) is 16.8. The van der Waals surface area contributed by atoms with E-state index >= 15 is 0 Å². The lowest BCUT2D eigenvalue weighted by atomic mass is 10.2. The molecule has 2 aromatic carbocycles. The van der Waals surface area contributed by atoms with Crippen molar-refractivity contribution in [3.05, 3.63) is 53.3 Å². The van der Waals surface area contributed by atoms with Gasteiger partial charge in [-0.1, -0.05) is 12.1 Å². The van der Waals surface area contributed by atoms with Crippen LogP contribution in [0.25, 0.3) is 0 Å². The number of carboxylic acid groups (broad SMARTS) is 1. The summed E-state index contributed by atoms with van der Waals surface area (Å²) >= 11 is 0. The molecule has 2 rings (SSSR count). The van der Waals surface area contributed by atoms with Crippen molar-refractivity contribution in [2.45, 2.75) is 11.8 Å². The zero-order valence-electron chi connectivity index (χ0n) is 12.3. The summed E-state index contributed by atoms with van der Waals surface area (Å²) in [5, 5.41) is 9.00. The molecule has 0 unspecified atom stereocenters. The van der Waals surface area contributed by atoms with Gasteiger partial charge in [0.2, 0.25) is 0 Å². The third kappa shape index (κ3) is 3.42. The first-order chi connectivity index (χ1) is 10.8. The van der Waals surface area contributed by atoms with Gasteiger partial charge in [-0.15, -0.1) is 0 Å². The zero-order valence-corrected chi connectivity index (χ0v) is 13.1. The summed E-state index contributed by atoms with van der Waals surface area (Å²) in [6, 6.07) is 7.71. The molecule has 2 N–H and O–H groups in total. The van der Waals surface area contributed by atoms with Crippen LogP contribution in [-0.4, -0.2) is 26.6 Å². The first-order valence-corrected chi connectivity index (χ1v) is 7.94. The standard InChI is InChI=1S/C15H14FNO5S/c1-9-4-3-5-13(14(9)16)23(20,21)17-10-6-7-11(15(18)19)12(8-10)22-2/h3-8,17H,1-2H3,(H,18,19). The molecule has 0 amide bonds. The molecule has 0 bridgehead atoms. The molecule has 0 aliphatic heterocycles. The molecule has 0 saturated carbocycles.